The van der Waals surface area contributed by atoms with Crippen molar-refractivity contribution in [3.05, 3.63) is 53.6 Å². The Bertz CT molecular complexity index is 1310. The van der Waals surface area contributed by atoms with Crippen molar-refractivity contribution in [1.82, 2.24) is 13.9 Å². The summed E-state index contributed by atoms with van der Waals surface area (Å²) in [4.78, 5) is 16.6. The van der Waals surface area contributed by atoms with Gasteiger partial charge in [0.05, 0.1) is 27.8 Å². The zero-order chi connectivity index (χ0) is 23.4. The van der Waals surface area contributed by atoms with Crippen LogP contribution in [-0.4, -0.2) is 58.7 Å². The van der Waals surface area contributed by atoms with Crippen LogP contribution in [-0.2, 0) is 17.1 Å². The van der Waals surface area contributed by atoms with Crippen molar-refractivity contribution in [1.29, 1.82) is 0 Å². The maximum atomic E-state index is 13.7. The summed E-state index contributed by atoms with van der Waals surface area (Å²) in [6, 6.07) is 3.36. The molecular formula is C19H16F4N4O4S. The van der Waals surface area contributed by atoms with E-state index in [4.69, 9.17) is 0 Å². The average Bonchev–Trinajstić information content (AvgIpc) is 3.28. The molecule has 1 aliphatic rings. The number of carbonyl (C=O) groups is 1. The second kappa shape index (κ2) is 7.83. The highest BCUT2D eigenvalue weighted by molar-refractivity contribution is 7.89. The summed E-state index contributed by atoms with van der Waals surface area (Å²) in [6.07, 6.45) is -1.91. The van der Waals surface area contributed by atoms with E-state index in [0.717, 1.165) is 10.4 Å². The first kappa shape index (κ1) is 22.2. The van der Waals surface area contributed by atoms with Crippen LogP contribution in [0.25, 0.3) is 11.0 Å². The summed E-state index contributed by atoms with van der Waals surface area (Å²) in [5.74, 6) is -5.68. The van der Waals surface area contributed by atoms with Crippen LogP contribution in [0, 0.1) is 17.5 Å². The number of carbonyl (C=O) groups excluding carboxylic acids is 1. The van der Waals surface area contributed by atoms with Crippen molar-refractivity contribution in [2.24, 2.45) is 7.05 Å². The quantitative estimate of drug-likeness (QED) is 0.446. The van der Waals surface area contributed by atoms with Gasteiger partial charge in [-0.2, -0.15) is 4.31 Å². The molecule has 1 amide bonds. The van der Waals surface area contributed by atoms with Gasteiger partial charge in [-0.05, 0) is 12.1 Å². The van der Waals surface area contributed by atoms with E-state index in [9.17, 15) is 35.9 Å². The van der Waals surface area contributed by atoms with Gasteiger partial charge in [0.15, 0.2) is 17.5 Å². The molecule has 1 aromatic heterocycles. The monoisotopic (exact) mass is 472 g/mol. The van der Waals surface area contributed by atoms with E-state index >= 15 is 0 Å². The Morgan fingerprint density at radius 2 is 1.81 bits per heavy atom. The minimum atomic E-state index is -4.30. The maximum absolute atomic E-state index is 13.7. The third-order valence-corrected chi connectivity index (χ3v) is 6.91. The highest BCUT2D eigenvalue weighted by atomic mass is 32.2. The van der Waals surface area contributed by atoms with Crippen LogP contribution < -0.4 is 5.32 Å². The number of imidazole rings is 1. The van der Waals surface area contributed by atoms with Crippen molar-refractivity contribution in [3.8, 4) is 0 Å². The molecule has 2 aromatic carbocycles. The van der Waals surface area contributed by atoms with Crippen molar-refractivity contribution in [3.63, 3.8) is 0 Å². The fraction of sp³-hybridized carbons (Fsp3) is 0.263. The molecule has 4 rings (SSSR count). The van der Waals surface area contributed by atoms with Gasteiger partial charge in [-0.15, -0.1) is 0 Å². The zero-order valence-electron chi connectivity index (χ0n) is 16.4. The molecule has 2 N–H and O–H groups in total. The van der Waals surface area contributed by atoms with E-state index in [1.165, 1.54) is 17.0 Å². The normalized spacial score (nSPS) is 19.6. The molecule has 32 heavy (non-hydrogen) atoms. The number of sulfonamides is 1. The number of aryl methyl sites for hydroxylation is 1. The molecule has 1 saturated heterocycles. The first-order chi connectivity index (χ1) is 15.0. The number of hydrogen-bond donors (Lipinski definition) is 2. The minimum Gasteiger partial charge on any atom is -0.389 e. The molecule has 170 valence electrons. The van der Waals surface area contributed by atoms with E-state index in [1.807, 2.05) is 0 Å². The lowest BCUT2D eigenvalue weighted by Gasteiger charge is -2.17. The molecule has 2 heterocycles. The van der Waals surface area contributed by atoms with Gasteiger partial charge < -0.3 is 15.0 Å². The van der Waals surface area contributed by atoms with Crippen LogP contribution >= 0.6 is 0 Å². The second-order valence-corrected chi connectivity index (χ2v) is 9.25. The number of alkyl halides is 1. The summed E-state index contributed by atoms with van der Waals surface area (Å²) < 4.78 is 82.0. The molecule has 2 unspecified atom stereocenters. The first-order valence-electron chi connectivity index (χ1n) is 9.22. The fourth-order valence-corrected chi connectivity index (χ4v) is 4.99. The Morgan fingerprint density at radius 3 is 2.41 bits per heavy atom. The van der Waals surface area contributed by atoms with Gasteiger partial charge in [-0.3, -0.25) is 4.79 Å². The summed E-state index contributed by atoms with van der Waals surface area (Å²) in [6.45, 7) is -1.02. The van der Waals surface area contributed by atoms with Crippen LogP contribution in [0.5, 0.6) is 0 Å². The number of amides is 1. The number of hydrogen-bond acceptors (Lipinski definition) is 5. The van der Waals surface area contributed by atoms with E-state index < -0.39 is 64.4 Å². The van der Waals surface area contributed by atoms with Gasteiger partial charge in [0, 0.05) is 38.0 Å². The number of nitrogens with one attached hydrogen (secondary N) is 1. The predicted molar refractivity (Wildman–Crippen MR) is 105 cm³/mol. The van der Waals surface area contributed by atoms with Crippen LogP contribution in [0.2, 0.25) is 0 Å². The number of aromatic nitrogens is 2. The van der Waals surface area contributed by atoms with Crippen LogP contribution in [0.1, 0.15) is 10.4 Å². The van der Waals surface area contributed by atoms with E-state index in [0.29, 0.717) is 12.1 Å². The molecular weight excluding hydrogens is 456 g/mol. The molecule has 1 fully saturated rings. The summed E-state index contributed by atoms with van der Waals surface area (Å²) >= 11 is 0. The Labute approximate surface area is 179 Å². The molecule has 8 nitrogen and oxygen atoms in total. The molecule has 0 aliphatic carbocycles. The maximum Gasteiger partial charge on any atom is 0.257 e. The largest absolute Gasteiger partial charge is 0.389 e. The van der Waals surface area contributed by atoms with Gasteiger partial charge in [0.2, 0.25) is 10.0 Å². The molecule has 3 aromatic rings. The smallest absolute Gasteiger partial charge is 0.257 e. The number of β-amino-alcohol motifs (C(OH)–C–C–N with tert-alkyl or cyclic N) is 1. The Morgan fingerprint density at radius 1 is 1.16 bits per heavy atom. The summed E-state index contributed by atoms with van der Waals surface area (Å²) in [5.41, 5.74) is -0.262. The number of aliphatic hydroxyl groups is 1. The number of fused-ring (bicyclic) bond motifs is 1. The van der Waals surface area contributed by atoms with Crippen LogP contribution in [0.4, 0.5) is 23.2 Å². The van der Waals surface area contributed by atoms with Crippen molar-refractivity contribution in [2.75, 3.05) is 18.4 Å². The van der Waals surface area contributed by atoms with Crippen molar-refractivity contribution in [2.45, 2.75) is 17.2 Å². The SMILES string of the molecule is Cn1cnc2cc(S(=O)(=O)N3CC(O)C(F)C3)cc(C(=O)Nc3cc(F)c(F)c(F)c3)c21. The van der Waals surface area contributed by atoms with E-state index in [1.54, 1.807) is 7.05 Å². The highest BCUT2D eigenvalue weighted by Gasteiger charge is 2.39. The molecule has 0 bridgehead atoms. The molecule has 0 spiro atoms. The topological polar surface area (TPSA) is 105 Å². The second-order valence-electron chi connectivity index (χ2n) is 7.31. The van der Waals surface area contributed by atoms with Gasteiger partial charge in [0.1, 0.15) is 12.3 Å². The number of rotatable bonds is 4. The molecule has 0 radical (unpaired) electrons. The Hall–Kier alpha value is -3.03. The first-order valence-corrected chi connectivity index (χ1v) is 10.7. The predicted octanol–water partition coefficient (Wildman–Crippen LogP) is 1.95. The van der Waals surface area contributed by atoms with Crippen molar-refractivity contribution < 1.29 is 35.9 Å². The number of halogens is 4. The lowest BCUT2D eigenvalue weighted by Crippen LogP contribution is -2.30. The zero-order valence-corrected chi connectivity index (χ0v) is 17.2. The Kier molecular flexibility index (Phi) is 5.43. The molecule has 0 saturated carbocycles. The van der Waals surface area contributed by atoms with Crippen LogP contribution in [0.3, 0.4) is 0 Å². The van der Waals surface area contributed by atoms with Crippen LogP contribution in [0.15, 0.2) is 35.5 Å². The number of aliphatic hydroxyl groups excluding tert-OH is 1. The minimum absolute atomic E-state index is 0.117. The van der Waals surface area contributed by atoms with E-state index in [-0.39, 0.29) is 21.5 Å². The standard InChI is InChI=1S/C19H16F4N4O4S/c1-26-8-24-15-5-10(32(30,31)27-6-14(22)16(28)7-27)4-11(18(15)26)19(29)25-9-2-12(20)17(23)13(21)3-9/h2-5,8,14,16,28H,6-7H2,1H3,(H,25,29). The fourth-order valence-electron chi connectivity index (χ4n) is 3.48. The summed E-state index contributed by atoms with van der Waals surface area (Å²) in [7, 11) is -2.76. The summed E-state index contributed by atoms with van der Waals surface area (Å²) in [5, 5.41) is 11.8. The third kappa shape index (κ3) is 3.72. The van der Waals surface area contributed by atoms with Gasteiger partial charge in [-0.1, -0.05) is 0 Å². The molecule has 1 aliphatic heterocycles. The van der Waals surface area contributed by atoms with E-state index in [2.05, 4.69) is 10.3 Å². The molecule has 13 heteroatoms. The average molecular weight is 472 g/mol. The third-order valence-electron chi connectivity index (χ3n) is 5.10. The highest BCUT2D eigenvalue weighted by Crippen LogP contribution is 2.28. The van der Waals surface area contributed by atoms with Gasteiger partial charge in [0.25, 0.3) is 5.91 Å². The van der Waals surface area contributed by atoms with Gasteiger partial charge in [-0.25, -0.2) is 31.0 Å². The molecule has 2 atom stereocenters. The van der Waals surface area contributed by atoms with Crippen molar-refractivity contribution >= 4 is 32.7 Å². The number of benzene rings is 2. The van der Waals surface area contributed by atoms with Gasteiger partial charge >= 0.3 is 0 Å². The number of anilines is 1. The lowest BCUT2D eigenvalue weighted by atomic mass is 10.1. The lowest BCUT2D eigenvalue weighted by molar-refractivity contribution is 0.102. The Balaban J connectivity index is 1.77. The number of nitrogens with zero attached hydrogens (tertiary/aromatic N) is 3.